The molecule has 0 aromatic rings. The molecule has 128 valence electrons. The topological polar surface area (TPSA) is 55.8 Å². The summed E-state index contributed by atoms with van der Waals surface area (Å²) >= 11 is 0. The lowest BCUT2D eigenvalue weighted by Gasteiger charge is -2.24. The van der Waals surface area contributed by atoms with E-state index in [1.54, 1.807) is 13.0 Å². The third-order valence-corrected chi connectivity index (χ3v) is 4.82. The van der Waals surface area contributed by atoms with E-state index in [1.807, 2.05) is 20.8 Å². The minimum atomic E-state index is -0.262. The van der Waals surface area contributed by atoms with E-state index in [9.17, 15) is 9.59 Å². The van der Waals surface area contributed by atoms with Crippen molar-refractivity contribution in [3.8, 4) is 0 Å². The summed E-state index contributed by atoms with van der Waals surface area (Å²) in [7, 11) is 0. The second-order valence-electron chi connectivity index (χ2n) is 6.34. The highest BCUT2D eigenvalue weighted by molar-refractivity contribution is 5.87. The number of carbonyl (C=O) groups is 2. The fraction of sp³-hybridized carbons (Fsp3) is 0.667. The van der Waals surface area contributed by atoms with Crippen molar-refractivity contribution in [3.63, 3.8) is 0 Å². The van der Waals surface area contributed by atoms with Gasteiger partial charge < -0.3 is 9.47 Å². The third kappa shape index (κ3) is 4.02. The first-order valence-corrected chi connectivity index (χ1v) is 8.41. The molecule has 2 aliphatic heterocycles. The van der Waals surface area contributed by atoms with Crippen molar-refractivity contribution in [3.05, 3.63) is 23.3 Å². The molecule has 0 aliphatic carbocycles. The third-order valence-electron chi connectivity index (χ3n) is 4.82. The number of esters is 2. The van der Waals surface area contributed by atoms with Crippen LogP contribution in [0.15, 0.2) is 23.3 Å². The second-order valence-corrected chi connectivity index (χ2v) is 6.34. The van der Waals surface area contributed by atoms with Gasteiger partial charge in [-0.3, -0.25) is 9.69 Å². The lowest BCUT2D eigenvalue weighted by Crippen LogP contribution is -2.36. The monoisotopic (exact) mass is 321 g/mol. The van der Waals surface area contributed by atoms with Gasteiger partial charge in [0.25, 0.3) is 0 Å². The lowest BCUT2D eigenvalue weighted by atomic mass is 10.0. The van der Waals surface area contributed by atoms with Crippen molar-refractivity contribution in [1.82, 2.24) is 4.90 Å². The number of hydrogen-bond donors (Lipinski definition) is 0. The molecule has 2 heterocycles. The number of nitrogens with zero attached hydrogens (tertiary/aromatic N) is 1. The minimum Gasteiger partial charge on any atom is -0.461 e. The van der Waals surface area contributed by atoms with Crippen molar-refractivity contribution in [2.45, 2.75) is 52.7 Å². The molecule has 2 aliphatic rings. The van der Waals surface area contributed by atoms with Crippen LogP contribution in [0.25, 0.3) is 0 Å². The Hall–Kier alpha value is -1.62. The zero-order valence-corrected chi connectivity index (χ0v) is 14.5. The van der Waals surface area contributed by atoms with E-state index in [2.05, 4.69) is 11.0 Å². The first kappa shape index (κ1) is 17.7. The van der Waals surface area contributed by atoms with Gasteiger partial charge in [-0.05, 0) is 32.3 Å². The van der Waals surface area contributed by atoms with E-state index < -0.39 is 0 Å². The van der Waals surface area contributed by atoms with Crippen LogP contribution in [-0.4, -0.2) is 48.7 Å². The molecule has 0 aromatic heterocycles. The Morgan fingerprint density at radius 1 is 1.48 bits per heavy atom. The quantitative estimate of drug-likeness (QED) is 0.427. The molecule has 3 atom stereocenters. The van der Waals surface area contributed by atoms with Crippen LogP contribution in [0.3, 0.4) is 0 Å². The Bertz CT molecular complexity index is 523. The Labute approximate surface area is 138 Å². The fourth-order valence-electron chi connectivity index (χ4n) is 2.94. The van der Waals surface area contributed by atoms with Crippen LogP contribution in [0.4, 0.5) is 0 Å². The molecule has 2 rings (SSSR count). The van der Waals surface area contributed by atoms with E-state index >= 15 is 0 Å². The van der Waals surface area contributed by atoms with Gasteiger partial charge in [-0.15, -0.1) is 0 Å². The summed E-state index contributed by atoms with van der Waals surface area (Å²) in [5, 5.41) is 0. The van der Waals surface area contributed by atoms with Crippen molar-refractivity contribution < 1.29 is 19.1 Å². The van der Waals surface area contributed by atoms with Crippen LogP contribution >= 0.6 is 0 Å². The molecule has 0 saturated carbocycles. The molecule has 1 fully saturated rings. The first-order valence-electron chi connectivity index (χ1n) is 8.41. The van der Waals surface area contributed by atoms with Crippen LogP contribution in [-0.2, 0) is 19.1 Å². The summed E-state index contributed by atoms with van der Waals surface area (Å²) < 4.78 is 11.1. The first-order chi connectivity index (χ1) is 11.0. The summed E-state index contributed by atoms with van der Waals surface area (Å²) in [4.78, 5) is 26.1. The molecule has 0 aromatic carbocycles. The van der Waals surface area contributed by atoms with Crippen molar-refractivity contribution in [1.29, 1.82) is 0 Å². The molecule has 0 N–H and O–H groups in total. The highest BCUT2D eigenvalue weighted by Crippen LogP contribution is 2.31. The molecular weight excluding hydrogens is 294 g/mol. The number of rotatable bonds is 6. The molecule has 5 nitrogen and oxygen atoms in total. The minimum absolute atomic E-state index is 0.0494. The molecule has 1 saturated heterocycles. The van der Waals surface area contributed by atoms with Gasteiger partial charge in [0.05, 0.1) is 12.0 Å². The number of carbonyl (C=O) groups excluding carboxylic acids is 2. The number of ether oxygens (including phenoxy) is 2. The standard InChI is InChI=1S/C18H27NO4/c1-5-12(3)17(20)22-11-14-7-9-19-10-8-15(16(14)19)23-18(21)13(4)6-2/h6-7,12,15-16H,5,8-11H2,1-4H3/b13-6-/t12-,15+,16-/m1/s1. The fourth-order valence-corrected chi connectivity index (χ4v) is 2.94. The highest BCUT2D eigenvalue weighted by Gasteiger charge is 2.42. The maximum atomic E-state index is 12.0. The highest BCUT2D eigenvalue weighted by atomic mass is 16.5. The summed E-state index contributed by atoms with van der Waals surface area (Å²) in [6, 6.07) is 0.0494. The summed E-state index contributed by atoms with van der Waals surface area (Å²) in [5.74, 6) is -0.506. The van der Waals surface area contributed by atoms with Crippen LogP contribution in [0, 0.1) is 5.92 Å². The van der Waals surface area contributed by atoms with E-state index in [-0.39, 0.29) is 30.0 Å². The van der Waals surface area contributed by atoms with Crippen molar-refractivity contribution >= 4 is 11.9 Å². The van der Waals surface area contributed by atoms with E-state index in [0.29, 0.717) is 12.2 Å². The SMILES string of the molecule is C/C=C(/C)C(=O)O[C@H]1CCN2CC=C(COC(=O)[C@H](C)CC)[C@H]12. The van der Waals surface area contributed by atoms with Gasteiger partial charge >= 0.3 is 11.9 Å². The van der Waals surface area contributed by atoms with Gasteiger partial charge in [-0.1, -0.05) is 26.0 Å². The summed E-state index contributed by atoms with van der Waals surface area (Å²) in [6.07, 6.45) is 5.29. The van der Waals surface area contributed by atoms with E-state index in [1.165, 1.54) is 0 Å². The van der Waals surface area contributed by atoms with Gasteiger partial charge in [0.2, 0.25) is 0 Å². The van der Waals surface area contributed by atoms with Crippen molar-refractivity contribution in [2.24, 2.45) is 5.92 Å². The Morgan fingerprint density at radius 2 is 2.22 bits per heavy atom. The number of allylic oxidation sites excluding steroid dienone is 1. The van der Waals surface area contributed by atoms with Crippen molar-refractivity contribution in [2.75, 3.05) is 19.7 Å². The lowest BCUT2D eigenvalue weighted by molar-refractivity contribution is -0.148. The van der Waals surface area contributed by atoms with Gasteiger partial charge in [-0.25, -0.2) is 4.79 Å². The average molecular weight is 321 g/mol. The van der Waals surface area contributed by atoms with Gasteiger partial charge in [0.1, 0.15) is 12.7 Å². The number of hydrogen-bond acceptors (Lipinski definition) is 5. The van der Waals surface area contributed by atoms with Gasteiger partial charge in [0, 0.05) is 18.7 Å². The molecule has 5 heteroatoms. The zero-order valence-electron chi connectivity index (χ0n) is 14.5. The van der Waals surface area contributed by atoms with Crippen LogP contribution in [0.2, 0.25) is 0 Å². The number of fused-ring (bicyclic) bond motifs is 1. The van der Waals surface area contributed by atoms with E-state index in [0.717, 1.165) is 31.5 Å². The largest absolute Gasteiger partial charge is 0.461 e. The average Bonchev–Trinajstić information content (AvgIpc) is 3.14. The maximum Gasteiger partial charge on any atom is 0.333 e. The summed E-state index contributed by atoms with van der Waals surface area (Å²) in [5.41, 5.74) is 1.67. The van der Waals surface area contributed by atoms with Gasteiger partial charge in [0.15, 0.2) is 0 Å². The predicted molar refractivity (Wildman–Crippen MR) is 87.8 cm³/mol. The normalized spacial score (nSPS) is 25.7. The Balaban J connectivity index is 1.95. The van der Waals surface area contributed by atoms with E-state index in [4.69, 9.17) is 9.47 Å². The smallest absolute Gasteiger partial charge is 0.333 e. The van der Waals surface area contributed by atoms with Crippen LogP contribution in [0.5, 0.6) is 0 Å². The second kappa shape index (κ2) is 7.77. The molecule has 0 unspecified atom stereocenters. The maximum absolute atomic E-state index is 12.0. The zero-order chi connectivity index (χ0) is 17.0. The van der Waals surface area contributed by atoms with Gasteiger partial charge in [-0.2, -0.15) is 0 Å². The Morgan fingerprint density at radius 3 is 2.87 bits per heavy atom. The Kier molecular flexibility index (Phi) is 5.99. The van der Waals surface area contributed by atoms with Crippen LogP contribution < -0.4 is 0 Å². The molecule has 0 radical (unpaired) electrons. The predicted octanol–water partition coefficient (Wildman–Crippen LogP) is 2.47. The summed E-state index contributed by atoms with van der Waals surface area (Å²) in [6.45, 7) is 9.45. The molecular formula is C18H27NO4. The molecule has 0 spiro atoms. The molecule has 0 amide bonds. The van der Waals surface area contributed by atoms with Crippen LogP contribution in [0.1, 0.15) is 40.5 Å². The molecule has 23 heavy (non-hydrogen) atoms. The molecule has 0 bridgehead atoms.